The average Bonchev–Trinajstić information content (AvgIpc) is 2.46. The number of rotatable bonds is 2. The Bertz CT molecular complexity index is 338. The smallest absolute Gasteiger partial charge is 0.251 e. The number of likely N-dealkylation sites (tertiary alicyclic amines) is 1. The predicted molar refractivity (Wildman–Crippen MR) is 71.0 cm³/mol. The Morgan fingerprint density at radius 1 is 1.16 bits per heavy atom. The molecule has 0 aromatic heterocycles. The van der Waals surface area contributed by atoms with Gasteiger partial charge in [-0.2, -0.15) is 0 Å². The van der Waals surface area contributed by atoms with Crippen LogP contribution in [0.1, 0.15) is 39.5 Å². The van der Waals surface area contributed by atoms with Crippen molar-refractivity contribution in [3.8, 4) is 0 Å². The zero-order valence-corrected chi connectivity index (χ0v) is 11.9. The van der Waals surface area contributed by atoms with Gasteiger partial charge < -0.3 is 4.90 Å². The molecule has 0 aromatic rings. The van der Waals surface area contributed by atoms with Gasteiger partial charge in [-0.05, 0) is 25.7 Å². The van der Waals surface area contributed by atoms with Crippen LogP contribution in [0.25, 0.3) is 0 Å². The summed E-state index contributed by atoms with van der Waals surface area (Å²) < 4.78 is 0. The van der Waals surface area contributed by atoms with Crippen molar-refractivity contribution >= 4 is 11.8 Å². The highest BCUT2D eigenvalue weighted by Gasteiger charge is 2.32. The first-order valence-electron chi connectivity index (χ1n) is 7.32. The van der Waals surface area contributed by atoms with Crippen molar-refractivity contribution in [2.45, 2.75) is 39.5 Å². The van der Waals surface area contributed by atoms with E-state index in [4.69, 9.17) is 4.84 Å². The third-order valence-corrected chi connectivity index (χ3v) is 3.82. The number of hydrogen-bond donors (Lipinski definition) is 0. The highest BCUT2D eigenvalue weighted by atomic mass is 16.7. The summed E-state index contributed by atoms with van der Waals surface area (Å²) in [7, 11) is 0. The zero-order chi connectivity index (χ0) is 13.8. The molecule has 2 heterocycles. The normalized spacial score (nSPS) is 24.7. The van der Waals surface area contributed by atoms with E-state index in [2.05, 4.69) is 0 Å². The van der Waals surface area contributed by atoms with E-state index >= 15 is 0 Å². The summed E-state index contributed by atoms with van der Waals surface area (Å²) in [6, 6.07) is 0. The first kappa shape index (κ1) is 14.3. The van der Waals surface area contributed by atoms with Crippen molar-refractivity contribution in [3.63, 3.8) is 0 Å². The first-order chi connectivity index (χ1) is 9.09. The van der Waals surface area contributed by atoms with Crippen molar-refractivity contribution in [2.24, 2.45) is 11.8 Å². The molecule has 2 saturated heterocycles. The molecule has 0 bridgehead atoms. The number of hydrogen-bond acceptors (Lipinski definition) is 3. The Hall–Kier alpha value is -1.10. The van der Waals surface area contributed by atoms with Crippen LogP contribution in [0, 0.1) is 11.8 Å². The summed E-state index contributed by atoms with van der Waals surface area (Å²) >= 11 is 0. The Balaban J connectivity index is 1.92. The number of amides is 2. The van der Waals surface area contributed by atoms with Gasteiger partial charge >= 0.3 is 0 Å². The van der Waals surface area contributed by atoms with E-state index in [9.17, 15) is 9.59 Å². The molecule has 5 nitrogen and oxygen atoms in total. The van der Waals surface area contributed by atoms with E-state index in [1.54, 1.807) is 0 Å². The summed E-state index contributed by atoms with van der Waals surface area (Å²) in [6.45, 7) is 6.46. The Labute approximate surface area is 114 Å². The van der Waals surface area contributed by atoms with Crippen LogP contribution in [0.5, 0.6) is 0 Å². The second kappa shape index (κ2) is 6.37. The number of carbonyl (C=O) groups is 2. The molecule has 2 fully saturated rings. The standard InChI is InChI=1S/C14H24N2O3/c1-11(2)13(17)15-7-5-6-12(10-15)14(18)16-8-3-4-9-19-16/h11-12H,3-10H2,1-2H3. The Morgan fingerprint density at radius 3 is 2.58 bits per heavy atom. The van der Waals surface area contributed by atoms with Gasteiger partial charge in [0.15, 0.2) is 0 Å². The highest BCUT2D eigenvalue weighted by Crippen LogP contribution is 2.21. The third kappa shape index (κ3) is 3.47. The molecule has 5 heteroatoms. The molecule has 2 amide bonds. The lowest BCUT2D eigenvalue weighted by atomic mass is 9.96. The van der Waals surface area contributed by atoms with Crippen LogP contribution in [0.2, 0.25) is 0 Å². The van der Waals surface area contributed by atoms with Crippen LogP contribution < -0.4 is 0 Å². The number of piperidine rings is 1. The Morgan fingerprint density at radius 2 is 1.95 bits per heavy atom. The summed E-state index contributed by atoms with van der Waals surface area (Å²) in [5.41, 5.74) is 0. The van der Waals surface area contributed by atoms with Gasteiger partial charge in [-0.1, -0.05) is 13.8 Å². The lowest BCUT2D eigenvalue weighted by Gasteiger charge is -2.36. The van der Waals surface area contributed by atoms with E-state index in [0.29, 0.717) is 19.7 Å². The second-order valence-electron chi connectivity index (χ2n) is 5.76. The molecular weight excluding hydrogens is 244 g/mol. The maximum atomic E-state index is 12.4. The maximum Gasteiger partial charge on any atom is 0.251 e. The van der Waals surface area contributed by atoms with Crippen LogP contribution >= 0.6 is 0 Å². The number of hydroxylamine groups is 2. The van der Waals surface area contributed by atoms with Crippen molar-refractivity contribution in [1.29, 1.82) is 0 Å². The van der Waals surface area contributed by atoms with Gasteiger partial charge in [-0.25, -0.2) is 5.06 Å². The molecule has 0 aromatic carbocycles. The van der Waals surface area contributed by atoms with Crippen LogP contribution in [-0.4, -0.2) is 48.0 Å². The molecule has 19 heavy (non-hydrogen) atoms. The van der Waals surface area contributed by atoms with Gasteiger partial charge in [0.2, 0.25) is 5.91 Å². The largest absolute Gasteiger partial charge is 0.342 e. The van der Waals surface area contributed by atoms with E-state index in [1.165, 1.54) is 5.06 Å². The molecule has 1 unspecified atom stereocenters. The molecule has 0 saturated carbocycles. The molecular formula is C14H24N2O3. The first-order valence-corrected chi connectivity index (χ1v) is 7.32. The van der Waals surface area contributed by atoms with Gasteiger partial charge in [0.1, 0.15) is 0 Å². The summed E-state index contributed by atoms with van der Waals surface area (Å²) in [5, 5.41) is 1.51. The van der Waals surface area contributed by atoms with Crippen molar-refractivity contribution in [1.82, 2.24) is 9.96 Å². The van der Waals surface area contributed by atoms with Crippen LogP contribution in [0.15, 0.2) is 0 Å². The van der Waals surface area contributed by atoms with E-state index < -0.39 is 0 Å². The van der Waals surface area contributed by atoms with E-state index in [0.717, 1.165) is 32.2 Å². The SMILES string of the molecule is CC(C)C(=O)N1CCCC(C(=O)N2CCCCO2)C1. The quantitative estimate of drug-likeness (QED) is 0.761. The van der Waals surface area contributed by atoms with Crippen molar-refractivity contribution in [2.75, 3.05) is 26.2 Å². The predicted octanol–water partition coefficient (Wildman–Crippen LogP) is 1.44. The van der Waals surface area contributed by atoms with Crippen molar-refractivity contribution < 1.29 is 14.4 Å². The highest BCUT2D eigenvalue weighted by molar-refractivity contribution is 5.81. The molecule has 0 aliphatic carbocycles. The fourth-order valence-electron chi connectivity index (χ4n) is 2.72. The topological polar surface area (TPSA) is 49.9 Å². The monoisotopic (exact) mass is 268 g/mol. The number of carbonyl (C=O) groups excluding carboxylic acids is 2. The second-order valence-corrected chi connectivity index (χ2v) is 5.76. The van der Waals surface area contributed by atoms with Gasteiger partial charge in [-0.15, -0.1) is 0 Å². The van der Waals surface area contributed by atoms with Gasteiger partial charge in [0, 0.05) is 25.6 Å². The van der Waals surface area contributed by atoms with E-state index in [-0.39, 0.29) is 23.7 Å². The molecule has 0 spiro atoms. The average molecular weight is 268 g/mol. The summed E-state index contributed by atoms with van der Waals surface area (Å²) in [4.78, 5) is 31.6. The summed E-state index contributed by atoms with van der Waals surface area (Å²) in [6.07, 6.45) is 3.79. The minimum absolute atomic E-state index is 0.0000821. The van der Waals surface area contributed by atoms with Crippen molar-refractivity contribution in [3.05, 3.63) is 0 Å². The molecule has 108 valence electrons. The lowest BCUT2D eigenvalue weighted by Crippen LogP contribution is -2.48. The summed E-state index contributed by atoms with van der Waals surface area (Å²) in [5.74, 6) is 0.118. The van der Waals surface area contributed by atoms with E-state index in [1.807, 2.05) is 18.7 Å². The Kier molecular flexibility index (Phi) is 4.80. The fourth-order valence-corrected chi connectivity index (χ4v) is 2.72. The number of nitrogens with zero attached hydrogens (tertiary/aromatic N) is 2. The molecule has 0 radical (unpaired) electrons. The van der Waals surface area contributed by atoms with Crippen LogP contribution in [0.3, 0.4) is 0 Å². The zero-order valence-electron chi connectivity index (χ0n) is 11.9. The minimum atomic E-state index is -0.0884. The van der Waals surface area contributed by atoms with Gasteiger partial charge in [0.05, 0.1) is 12.5 Å². The maximum absolute atomic E-state index is 12.4. The minimum Gasteiger partial charge on any atom is -0.342 e. The molecule has 1 atom stereocenters. The third-order valence-electron chi connectivity index (χ3n) is 3.82. The lowest BCUT2D eigenvalue weighted by molar-refractivity contribution is -0.202. The molecule has 2 aliphatic rings. The fraction of sp³-hybridized carbons (Fsp3) is 0.857. The van der Waals surface area contributed by atoms with Crippen LogP contribution in [0.4, 0.5) is 0 Å². The van der Waals surface area contributed by atoms with Gasteiger partial charge in [0.25, 0.3) is 5.91 Å². The molecule has 2 aliphatic heterocycles. The van der Waals surface area contributed by atoms with Crippen LogP contribution in [-0.2, 0) is 14.4 Å². The van der Waals surface area contributed by atoms with Gasteiger partial charge in [-0.3, -0.25) is 14.4 Å². The molecule has 2 rings (SSSR count). The molecule has 0 N–H and O–H groups in total.